The number of rotatable bonds is 4. The van der Waals surface area contributed by atoms with Crippen LogP contribution in [-0.4, -0.2) is 39.0 Å². The predicted octanol–water partition coefficient (Wildman–Crippen LogP) is 1.72. The van der Waals surface area contributed by atoms with E-state index in [0.29, 0.717) is 6.04 Å². The summed E-state index contributed by atoms with van der Waals surface area (Å²) in [4.78, 5) is 2.42. The molecule has 1 atom stereocenters. The number of aromatic nitrogens is 2. The summed E-state index contributed by atoms with van der Waals surface area (Å²) in [5, 5.41) is 14.0. The van der Waals surface area contributed by atoms with Crippen molar-refractivity contribution in [2.24, 2.45) is 7.05 Å². The van der Waals surface area contributed by atoms with Crippen LogP contribution in [0.25, 0.3) is 0 Å². The van der Waals surface area contributed by atoms with Crippen molar-refractivity contribution in [3.8, 4) is 0 Å². The van der Waals surface area contributed by atoms with Crippen LogP contribution in [0.4, 0.5) is 0 Å². The van der Waals surface area contributed by atoms with Crippen LogP contribution in [0, 0.1) is 0 Å². The molecule has 0 spiro atoms. The van der Waals surface area contributed by atoms with Crippen LogP contribution in [-0.2, 0) is 20.0 Å². The minimum Gasteiger partial charge on any atom is -0.395 e. The van der Waals surface area contributed by atoms with E-state index < -0.39 is 0 Å². The summed E-state index contributed by atoms with van der Waals surface area (Å²) in [6, 6.07) is 2.52. The lowest BCUT2D eigenvalue weighted by atomic mass is 10.1. The quantitative estimate of drug-likeness (QED) is 0.886. The highest BCUT2D eigenvalue weighted by Gasteiger charge is 2.21. The van der Waals surface area contributed by atoms with Gasteiger partial charge in [-0.3, -0.25) is 9.58 Å². The first-order valence-corrected chi connectivity index (χ1v) is 7.11. The van der Waals surface area contributed by atoms with Crippen molar-refractivity contribution >= 4 is 0 Å². The minimum absolute atomic E-state index is 0.276. The molecule has 1 aromatic heterocycles. The van der Waals surface area contributed by atoms with Gasteiger partial charge in [-0.15, -0.1) is 0 Å². The Morgan fingerprint density at radius 1 is 1.39 bits per heavy atom. The van der Waals surface area contributed by atoms with Gasteiger partial charge in [0.1, 0.15) is 0 Å². The van der Waals surface area contributed by atoms with Gasteiger partial charge in [0, 0.05) is 19.6 Å². The average molecular weight is 251 g/mol. The molecule has 0 radical (unpaired) electrons. The molecule has 1 aromatic rings. The van der Waals surface area contributed by atoms with Crippen LogP contribution in [0.3, 0.4) is 0 Å². The van der Waals surface area contributed by atoms with Crippen LogP contribution < -0.4 is 0 Å². The van der Waals surface area contributed by atoms with Crippen LogP contribution in [0.1, 0.15) is 44.0 Å². The lowest BCUT2D eigenvalue weighted by Crippen LogP contribution is -2.37. The first kappa shape index (κ1) is 13.6. The van der Waals surface area contributed by atoms with E-state index in [-0.39, 0.29) is 6.61 Å². The summed E-state index contributed by atoms with van der Waals surface area (Å²) in [6.07, 6.45) is 5.88. The van der Waals surface area contributed by atoms with Crippen molar-refractivity contribution in [2.45, 2.75) is 51.6 Å². The Morgan fingerprint density at radius 2 is 2.22 bits per heavy atom. The van der Waals surface area contributed by atoms with Gasteiger partial charge in [0.25, 0.3) is 0 Å². The summed E-state index contributed by atoms with van der Waals surface area (Å²) >= 11 is 0. The largest absolute Gasteiger partial charge is 0.395 e. The zero-order chi connectivity index (χ0) is 13.0. The lowest BCUT2D eigenvalue weighted by molar-refractivity contribution is 0.116. The van der Waals surface area contributed by atoms with E-state index >= 15 is 0 Å². The average Bonchev–Trinajstić information content (AvgIpc) is 2.60. The van der Waals surface area contributed by atoms with Crippen molar-refractivity contribution in [3.63, 3.8) is 0 Å². The number of nitrogens with zero attached hydrogens (tertiary/aromatic N) is 3. The number of hydrogen-bond acceptors (Lipinski definition) is 3. The Hall–Kier alpha value is -0.870. The Labute approximate surface area is 110 Å². The molecule has 1 aliphatic heterocycles. The standard InChI is InChI=1S/C14H25N3O/c1-3-12-9-14(16(2)15-12)10-17-8-6-4-5-7-13(17)11-18/h9,13,18H,3-8,10-11H2,1-2H3. The van der Waals surface area contributed by atoms with E-state index in [0.717, 1.165) is 31.6 Å². The zero-order valence-corrected chi connectivity index (χ0v) is 11.6. The highest BCUT2D eigenvalue weighted by molar-refractivity contribution is 5.10. The first-order valence-electron chi connectivity index (χ1n) is 7.11. The maximum atomic E-state index is 9.52. The molecule has 0 aromatic carbocycles. The van der Waals surface area contributed by atoms with E-state index in [4.69, 9.17) is 0 Å². The van der Waals surface area contributed by atoms with Gasteiger partial charge >= 0.3 is 0 Å². The van der Waals surface area contributed by atoms with Crippen LogP contribution in [0.15, 0.2) is 6.07 Å². The zero-order valence-electron chi connectivity index (χ0n) is 11.6. The van der Waals surface area contributed by atoms with Gasteiger partial charge in [0.15, 0.2) is 0 Å². The minimum atomic E-state index is 0.276. The Kier molecular flexibility index (Phi) is 4.78. The number of hydrogen-bond donors (Lipinski definition) is 1. The topological polar surface area (TPSA) is 41.3 Å². The monoisotopic (exact) mass is 251 g/mol. The number of aliphatic hydroxyl groups is 1. The molecule has 18 heavy (non-hydrogen) atoms. The maximum absolute atomic E-state index is 9.52. The van der Waals surface area contributed by atoms with Crippen molar-refractivity contribution in [1.82, 2.24) is 14.7 Å². The molecule has 1 aliphatic rings. The summed E-state index contributed by atoms with van der Waals surface area (Å²) in [5.74, 6) is 0. The fraction of sp³-hybridized carbons (Fsp3) is 0.786. The molecule has 0 aliphatic carbocycles. The third kappa shape index (κ3) is 3.12. The van der Waals surface area contributed by atoms with Gasteiger partial charge in [-0.05, 0) is 31.9 Å². The Morgan fingerprint density at radius 3 is 2.89 bits per heavy atom. The third-order valence-electron chi connectivity index (χ3n) is 3.96. The molecule has 2 heterocycles. The Balaban J connectivity index is 2.07. The lowest BCUT2D eigenvalue weighted by Gasteiger charge is -2.28. The van der Waals surface area contributed by atoms with Gasteiger partial charge in [-0.1, -0.05) is 19.8 Å². The molecular weight excluding hydrogens is 226 g/mol. The van der Waals surface area contributed by atoms with Gasteiger partial charge in [0.2, 0.25) is 0 Å². The predicted molar refractivity (Wildman–Crippen MR) is 72.3 cm³/mol. The molecular formula is C14H25N3O. The molecule has 0 bridgehead atoms. The molecule has 1 fully saturated rings. The van der Waals surface area contributed by atoms with Crippen LogP contribution in [0.5, 0.6) is 0 Å². The normalized spacial score (nSPS) is 22.1. The third-order valence-corrected chi connectivity index (χ3v) is 3.96. The number of aliphatic hydroxyl groups excluding tert-OH is 1. The fourth-order valence-corrected chi connectivity index (χ4v) is 2.75. The van der Waals surface area contributed by atoms with Gasteiger partial charge in [-0.2, -0.15) is 5.10 Å². The molecule has 2 rings (SSSR count). The molecule has 4 heteroatoms. The number of likely N-dealkylation sites (tertiary alicyclic amines) is 1. The molecule has 0 amide bonds. The molecule has 0 saturated carbocycles. The SMILES string of the molecule is CCc1cc(CN2CCCCCC2CO)n(C)n1. The van der Waals surface area contributed by atoms with E-state index in [1.165, 1.54) is 25.0 Å². The highest BCUT2D eigenvalue weighted by Crippen LogP contribution is 2.19. The summed E-state index contributed by atoms with van der Waals surface area (Å²) in [7, 11) is 2.01. The highest BCUT2D eigenvalue weighted by atomic mass is 16.3. The van der Waals surface area contributed by atoms with Crippen LogP contribution in [0.2, 0.25) is 0 Å². The smallest absolute Gasteiger partial charge is 0.0625 e. The van der Waals surface area contributed by atoms with Gasteiger partial charge < -0.3 is 5.11 Å². The fourth-order valence-electron chi connectivity index (χ4n) is 2.75. The molecule has 1 saturated heterocycles. The Bertz CT molecular complexity index is 375. The van der Waals surface area contributed by atoms with Gasteiger partial charge in [0.05, 0.1) is 18.0 Å². The van der Waals surface area contributed by atoms with Crippen molar-refractivity contribution < 1.29 is 5.11 Å². The van der Waals surface area contributed by atoms with Crippen LogP contribution >= 0.6 is 0 Å². The van der Waals surface area contributed by atoms with Crippen molar-refractivity contribution in [3.05, 3.63) is 17.5 Å². The van der Waals surface area contributed by atoms with Gasteiger partial charge in [-0.25, -0.2) is 0 Å². The summed E-state index contributed by atoms with van der Waals surface area (Å²) in [5.41, 5.74) is 2.41. The second-order valence-electron chi connectivity index (χ2n) is 5.26. The summed E-state index contributed by atoms with van der Waals surface area (Å²) in [6.45, 7) is 4.42. The molecule has 102 valence electrons. The molecule has 4 nitrogen and oxygen atoms in total. The van der Waals surface area contributed by atoms with Crippen molar-refractivity contribution in [2.75, 3.05) is 13.2 Å². The maximum Gasteiger partial charge on any atom is 0.0625 e. The summed E-state index contributed by atoms with van der Waals surface area (Å²) < 4.78 is 1.98. The van der Waals surface area contributed by atoms with E-state index in [1.807, 2.05) is 11.7 Å². The van der Waals surface area contributed by atoms with E-state index in [1.54, 1.807) is 0 Å². The second kappa shape index (κ2) is 6.34. The number of aryl methyl sites for hydroxylation is 2. The van der Waals surface area contributed by atoms with E-state index in [2.05, 4.69) is 23.0 Å². The van der Waals surface area contributed by atoms with E-state index in [9.17, 15) is 5.11 Å². The second-order valence-corrected chi connectivity index (χ2v) is 5.26. The van der Waals surface area contributed by atoms with Crippen molar-refractivity contribution in [1.29, 1.82) is 0 Å². The first-order chi connectivity index (χ1) is 8.74. The molecule has 1 unspecified atom stereocenters. The molecule has 1 N–H and O–H groups in total.